The Morgan fingerprint density at radius 2 is 2.04 bits per heavy atom. The van der Waals surface area contributed by atoms with Crippen LogP contribution in [0, 0.1) is 0 Å². The first-order valence-electron chi connectivity index (χ1n) is 8.46. The van der Waals surface area contributed by atoms with Gasteiger partial charge in [-0.3, -0.25) is 0 Å². The van der Waals surface area contributed by atoms with Crippen molar-refractivity contribution in [2.45, 2.75) is 32.7 Å². The van der Waals surface area contributed by atoms with Gasteiger partial charge in [0.05, 0.1) is 30.2 Å². The number of morpholine rings is 1. The molecule has 2 unspecified atom stereocenters. The first-order valence-corrected chi connectivity index (χ1v) is 8.84. The minimum atomic E-state index is -0.240. The topological polar surface area (TPSA) is 89.4 Å². The van der Waals surface area contributed by atoms with Crippen LogP contribution in [0.25, 0.3) is 22.6 Å². The normalized spacial score (nSPS) is 20.9. The van der Waals surface area contributed by atoms with E-state index in [1.807, 2.05) is 31.7 Å². The zero-order valence-electron chi connectivity index (χ0n) is 14.8. The van der Waals surface area contributed by atoms with Crippen molar-refractivity contribution in [1.29, 1.82) is 0 Å². The Morgan fingerprint density at radius 1 is 1.31 bits per heavy atom. The van der Waals surface area contributed by atoms with Gasteiger partial charge < -0.3 is 23.8 Å². The van der Waals surface area contributed by atoms with Crippen molar-refractivity contribution in [3.63, 3.8) is 0 Å². The molecule has 2 atom stereocenters. The van der Waals surface area contributed by atoms with Crippen molar-refractivity contribution in [1.82, 2.24) is 19.7 Å². The third kappa shape index (κ3) is 2.74. The molecule has 3 aromatic rings. The van der Waals surface area contributed by atoms with Gasteiger partial charge in [0.1, 0.15) is 10.5 Å². The van der Waals surface area contributed by atoms with E-state index >= 15 is 0 Å². The average Bonchev–Trinajstić information content (AvgIpc) is 3.19. The Balaban J connectivity index is 1.88. The molecule has 1 saturated heterocycles. The van der Waals surface area contributed by atoms with E-state index in [0.717, 1.165) is 0 Å². The highest BCUT2D eigenvalue weighted by Gasteiger charge is 2.29. The molecule has 0 saturated carbocycles. The number of hydrogen-bond acceptors (Lipinski definition) is 7. The van der Waals surface area contributed by atoms with Crippen molar-refractivity contribution in [2.24, 2.45) is 7.05 Å². The molecule has 1 aliphatic heterocycles. The Hall–Kier alpha value is -2.16. The molecule has 4 rings (SSSR count). The quantitative estimate of drug-likeness (QED) is 0.749. The minimum Gasteiger partial charge on any atom is -0.390 e. The summed E-state index contributed by atoms with van der Waals surface area (Å²) in [7, 11) is 1.86. The number of aryl methyl sites for hydroxylation is 1. The Morgan fingerprint density at radius 3 is 2.65 bits per heavy atom. The Kier molecular flexibility index (Phi) is 4.34. The molecular formula is C17H20ClN5O3. The van der Waals surface area contributed by atoms with Gasteiger partial charge in [-0.1, -0.05) is 16.8 Å². The molecule has 0 aliphatic carbocycles. The maximum absolute atomic E-state index is 9.93. The number of aliphatic hydroxyl groups excluding tert-OH is 1. The van der Waals surface area contributed by atoms with Crippen molar-refractivity contribution in [2.75, 3.05) is 18.0 Å². The molecule has 0 bridgehead atoms. The number of ether oxygens (including phenoxy) is 1. The molecule has 3 aromatic heterocycles. The van der Waals surface area contributed by atoms with Crippen LogP contribution >= 0.6 is 11.6 Å². The second-order valence-corrected chi connectivity index (χ2v) is 6.99. The fraction of sp³-hybridized carbons (Fsp3) is 0.471. The van der Waals surface area contributed by atoms with Gasteiger partial charge >= 0.3 is 0 Å². The van der Waals surface area contributed by atoms with Crippen LogP contribution in [0.2, 0.25) is 5.02 Å². The molecule has 0 radical (unpaired) electrons. The van der Waals surface area contributed by atoms with Gasteiger partial charge in [0.2, 0.25) is 5.58 Å². The summed E-state index contributed by atoms with van der Waals surface area (Å²) in [6.07, 6.45) is 3.59. The smallest absolute Gasteiger partial charge is 0.206 e. The van der Waals surface area contributed by atoms with Gasteiger partial charge in [-0.05, 0) is 13.8 Å². The highest BCUT2D eigenvalue weighted by atomic mass is 35.5. The van der Waals surface area contributed by atoms with Crippen LogP contribution in [0.15, 0.2) is 16.9 Å². The minimum absolute atomic E-state index is 0.0508. The molecule has 1 fully saturated rings. The first kappa shape index (κ1) is 17.3. The zero-order chi connectivity index (χ0) is 18.4. The molecule has 138 valence electrons. The number of anilines is 1. The van der Waals surface area contributed by atoms with Crippen LogP contribution in [0.3, 0.4) is 0 Å². The molecule has 0 amide bonds. The van der Waals surface area contributed by atoms with Crippen LogP contribution in [0.1, 0.15) is 19.5 Å². The second kappa shape index (κ2) is 6.53. The maximum atomic E-state index is 9.93. The van der Waals surface area contributed by atoms with Gasteiger partial charge in [0, 0.05) is 32.5 Å². The number of rotatable bonds is 3. The van der Waals surface area contributed by atoms with Crippen LogP contribution in [-0.4, -0.2) is 50.1 Å². The van der Waals surface area contributed by atoms with E-state index in [9.17, 15) is 5.11 Å². The Labute approximate surface area is 155 Å². The molecule has 0 aromatic carbocycles. The van der Waals surface area contributed by atoms with Gasteiger partial charge in [0.15, 0.2) is 11.5 Å². The number of imidazole rings is 1. The van der Waals surface area contributed by atoms with Crippen LogP contribution in [0.4, 0.5) is 5.69 Å². The number of halogens is 1. The van der Waals surface area contributed by atoms with E-state index < -0.39 is 0 Å². The lowest BCUT2D eigenvalue weighted by Gasteiger charge is -2.37. The van der Waals surface area contributed by atoms with Gasteiger partial charge in [0.25, 0.3) is 0 Å². The molecule has 1 aliphatic rings. The fourth-order valence-corrected chi connectivity index (χ4v) is 3.84. The number of fused-ring (bicyclic) bond motifs is 1. The third-order valence-corrected chi connectivity index (χ3v) is 4.86. The highest BCUT2D eigenvalue weighted by molar-refractivity contribution is 6.37. The molecule has 1 N–H and O–H groups in total. The summed E-state index contributed by atoms with van der Waals surface area (Å²) in [4.78, 5) is 11.0. The van der Waals surface area contributed by atoms with Crippen LogP contribution in [0.5, 0.6) is 0 Å². The van der Waals surface area contributed by atoms with Crippen molar-refractivity contribution >= 4 is 28.4 Å². The van der Waals surface area contributed by atoms with E-state index in [1.54, 1.807) is 6.20 Å². The molecule has 9 heteroatoms. The fourth-order valence-electron chi connectivity index (χ4n) is 3.49. The van der Waals surface area contributed by atoms with E-state index in [4.69, 9.17) is 20.9 Å². The molecule has 26 heavy (non-hydrogen) atoms. The SMILES string of the molecule is CC1CN(c2c(CO)nc3c(-c4nccn4C)noc3c2Cl)CC(C)O1. The summed E-state index contributed by atoms with van der Waals surface area (Å²) in [5.41, 5.74) is 2.54. The van der Waals surface area contributed by atoms with Crippen LogP contribution < -0.4 is 4.90 Å². The van der Waals surface area contributed by atoms with E-state index in [2.05, 4.69) is 20.0 Å². The Bertz CT molecular complexity index is 943. The number of aliphatic hydroxyl groups is 1. The monoisotopic (exact) mass is 377 g/mol. The van der Waals surface area contributed by atoms with E-state index in [-0.39, 0.29) is 18.8 Å². The lowest BCUT2D eigenvalue weighted by molar-refractivity contribution is -0.00533. The predicted octanol–water partition coefficient (Wildman–Crippen LogP) is 2.38. The molecule has 0 spiro atoms. The molecule has 8 nitrogen and oxygen atoms in total. The number of pyridine rings is 1. The summed E-state index contributed by atoms with van der Waals surface area (Å²) in [5, 5.41) is 14.4. The zero-order valence-corrected chi connectivity index (χ0v) is 15.6. The highest BCUT2D eigenvalue weighted by Crippen LogP contribution is 2.39. The van der Waals surface area contributed by atoms with Crippen molar-refractivity contribution in [3.05, 3.63) is 23.1 Å². The largest absolute Gasteiger partial charge is 0.390 e. The van der Waals surface area contributed by atoms with Crippen LogP contribution in [-0.2, 0) is 18.4 Å². The first-order chi connectivity index (χ1) is 12.5. The number of hydrogen-bond donors (Lipinski definition) is 1. The van der Waals surface area contributed by atoms with Gasteiger partial charge in [-0.2, -0.15) is 0 Å². The van der Waals surface area contributed by atoms with E-state index in [1.165, 1.54) is 0 Å². The molecule has 4 heterocycles. The lowest BCUT2D eigenvalue weighted by Crippen LogP contribution is -2.46. The third-order valence-electron chi connectivity index (χ3n) is 4.51. The summed E-state index contributed by atoms with van der Waals surface area (Å²) in [6.45, 7) is 5.09. The summed E-state index contributed by atoms with van der Waals surface area (Å²) < 4.78 is 13.1. The summed E-state index contributed by atoms with van der Waals surface area (Å²) in [6, 6.07) is 0. The average molecular weight is 378 g/mol. The van der Waals surface area contributed by atoms with Gasteiger partial charge in [-0.25, -0.2) is 9.97 Å². The van der Waals surface area contributed by atoms with Crippen molar-refractivity contribution < 1.29 is 14.4 Å². The number of nitrogens with zero attached hydrogens (tertiary/aromatic N) is 5. The lowest BCUT2D eigenvalue weighted by atomic mass is 10.1. The molecular weight excluding hydrogens is 358 g/mol. The second-order valence-electron chi connectivity index (χ2n) is 6.61. The standard InChI is InChI=1S/C17H20ClN5O3/c1-9-6-23(7-10(2)25-9)15-11(8-24)20-13-14(17-19-4-5-22(17)3)21-26-16(13)12(15)18/h4-5,9-10,24H,6-8H2,1-3H3. The summed E-state index contributed by atoms with van der Waals surface area (Å²) >= 11 is 6.67. The van der Waals surface area contributed by atoms with Crippen molar-refractivity contribution in [3.8, 4) is 11.5 Å². The summed E-state index contributed by atoms with van der Waals surface area (Å²) in [5.74, 6) is 0.623. The predicted molar refractivity (Wildman–Crippen MR) is 97.2 cm³/mol. The van der Waals surface area contributed by atoms with Gasteiger partial charge in [-0.15, -0.1) is 0 Å². The maximum Gasteiger partial charge on any atom is 0.206 e. The van der Waals surface area contributed by atoms with E-state index in [0.29, 0.717) is 52.1 Å². The number of aromatic nitrogens is 4.